The molecule has 1 aromatic carbocycles. The molecular weight excluding hydrogens is 390 g/mol. The van der Waals surface area contributed by atoms with Crippen molar-refractivity contribution in [2.45, 2.75) is 20.3 Å². The highest BCUT2D eigenvalue weighted by Crippen LogP contribution is 2.34. The zero-order chi connectivity index (χ0) is 21.9. The lowest BCUT2D eigenvalue weighted by atomic mass is 9.86. The summed E-state index contributed by atoms with van der Waals surface area (Å²) in [6.45, 7) is 3.76. The van der Waals surface area contributed by atoms with E-state index in [2.05, 4.69) is 20.7 Å². The summed E-state index contributed by atoms with van der Waals surface area (Å²) < 4.78 is 4.02. The average Bonchev–Trinajstić information content (AvgIpc) is 3.42. The molecule has 0 aliphatic rings. The van der Waals surface area contributed by atoms with Crippen LogP contribution in [0.25, 0.3) is 44.1 Å². The van der Waals surface area contributed by atoms with Crippen LogP contribution in [-0.2, 0) is 14.1 Å². The largest absolute Gasteiger partial charge is 0.396 e. The van der Waals surface area contributed by atoms with E-state index < -0.39 is 5.41 Å². The predicted molar refractivity (Wildman–Crippen MR) is 122 cm³/mol. The molecule has 4 heterocycles. The lowest BCUT2D eigenvalue weighted by molar-refractivity contribution is 0.0859. The van der Waals surface area contributed by atoms with E-state index in [1.54, 1.807) is 0 Å². The Morgan fingerprint density at radius 2 is 2.00 bits per heavy atom. The van der Waals surface area contributed by atoms with Gasteiger partial charge in [-0.05, 0) is 29.7 Å². The minimum atomic E-state index is -0.445. The van der Waals surface area contributed by atoms with Gasteiger partial charge in [-0.2, -0.15) is 0 Å². The molecule has 0 spiro atoms. The zero-order valence-corrected chi connectivity index (χ0v) is 18.1. The Morgan fingerprint density at radius 1 is 1.19 bits per heavy atom. The van der Waals surface area contributed by atoms with Gasteiger partial charge in [-0.15, -0.1) is 0 Å². The molecule has 0 bridgehead atoms. The molecule has 5 aromatic rings. The number of carbonyl (C=O) groups excluding carboxylic acids is 1. The van der Waals surface area contributed by atoms with Crippen molar-refractivity contribution in [3.8, 4) is 11.3 Å². The molecule has 158 valence electrons. The van der Waals surface area contributed by atoms with Crippen LogP contribution in [-0.4, -0.2) is 41.8 Å². The van der Waals surface area contributed by atoms with Gasteiger partial charge in [0.25, 0.3) is 0 Å². The topological polar surface area (TPSA) is 88.7 Å². The number of ketones is 1. The summed E-state index contributed by atoms with van der Waals surface area (Å²) in [5.74, 6) is 0.0269. The Kier molecular flexibility index (Phi) is 4.27. The minimum absolute atomic E-state index is 0.0269. The van der Waals surface area contributed by atoms with Crippen LogP contribution in [0.3, 0.4) is 0 Å². The summed E-state index contributed by atoms with van der Waals surface area (Å²) in [7, 11) is 3.96. The molecule has 5 rings (SSSR count). The quantitative estimate of drug-likeness (QED) is 0.421. The van der Waals surface area contributed by atoms with E-state index in [0.717, 1.165) is 38.4 Å². The van der Waals surface area contributed by atoms with Crippen LogP contribution in [0, 0.1) is 5.41 Å². The zero-order valence-electron chi connectivity index (χ0n) is 18.1. The van der Waals surface area contributed by atoms with E-state index >= 15 is 0 Å². The van der Waals surface area contributed by atoms with Crippen molar-refractivity contribution in [3.05, 3.63) is 48.4 Å². The Hall–Kier alpha value is -3.45. The number of H-pyrrole nitrogens is 1. The number of benzene rings is 1. The number of aromatic amines is 1. The van der Waals surface area contributed by atoms with E-state index in [9.17, 15) is 9.90 Å². The number of aliphatic hydroxyl groups excluding tert-OH is 1. The van der Waals surface area contributed by atoms with Gasteiger partial charge in [-0.25, -0.2) is 9.97 Å². The maximum absolute atomic E-state index is 12.9. The molecule has 0 atom stereocenters. The first-order chi connectivity index (χ1) is 14.8. The monoisotopic (exact) mass is 415 g/mol. The van der Waals surface area contributed by atoms with Crippen LogP contribution in [0.1, 0.15) is 30.6 Å². The average molecular weight is 415 g/mol. The van der Waals surface area contributed by atoms with E-state index in [0.29, 0.717) is 17.6 Å². The fourth-order valence-corrected chi connectivity index (χ4v) is 4.24. The number of fused-ring (bicyclic) bond motifs is 4. The highest BCUT2D eigenvalue weighted by Gasteiger charge is 2.23. The molecule has 0 saturated heterocycles. The van der Waals surface area contributed by atoms with Crippen molar-refractivity contribution < 1.29 is 9.90 Å². The molecule has 0 amide bonds. The van der Waals surface area contributed by atoms with Crippen molar-refractivity contribution >= 4 is 38.6 Å². The molecule has 0 fully saturated rings. The SMILES string of the molecule is Cn1cc(-c2cc3c(ncc4c[nH]n(C)c43)n2)c2cc(C(=O)CC(C)(C)CO)ccc21. The number of rotatable bonds is 5. The van der Waals surface area contributed by atoms with Crippen LogP contribution >= 0.6 is 0 Å². The summed E-state index contributed by atoms with van der Waals surface area (Å²) in [6, 6.07) is 7.85. The molecule has 0 radical (unpaired) electrons. The second-order valence-corrected chi connectivity index (χ2v) is 9.08. The van der Waals surface area contributed by atoms with Gasteiger partial charge in [0.05, 0.1) is 11.2 Å². The van der Waals surface area contributed by atoms with Crippen molar-refractivity contribution in [3.63, 3.8) is 0 Å². The van der Waals surface area contributed by atoms with Gasteiger partial charge in [-0.1, -0.05) is 13.8 Å². The number of carbonyl (C=O) groups is 1. The summed E-state index contributed by atoms with van der Waals surface area (Å²) >= 11 is 0. The van der Waals surface area contributed by atoms with E-state index in [1.807, 2.05) is 69.4 Å². The number of nitrogens with zero attached hydrogens (tertiary/aromatic N) is 4. The van der Waals surface area contributed by atoms with Gasteiger partial charge in [0.15, 0.2) is 11.4 Å². The first-order valence-corrected chi connectivity index (χ1v) is 10.3. The number of aliphatic hydroxyl groups is 1. The third-order valence-electron chi connectivity index (χ3n) is 6.01. The third kappa shape index (κ3) is 3.13. The predicted octanol–water partition coefficient (Wildman–Crippen LogP) is 4.20. The lowest BCUT2D eigenvalue weighted by Gasteiger charge is -2.20. The fraction of sp³-hybridized carbons (Fsp3) is 0.292. The molecule has 0 aliphatic carbocycles. The number of pyridine rings is 1. The molecule has 7 nitrogen and oxygen atoms in total. The summed E-state index contributed by atoms with van der Waals surface area (Å²) in [4.78, 5) is 22.2. The highest BCUT2D eigenvalue weighted by molar-refractivity contribution is 6.07. The van der Waals surface area contributed by atoms with Crippen LogP contribution < -0.4 is 0 Å². The molecule has 4 aromatic heterocycles. The number of hydrogen-bond donors (Lipinski definition) is 2. The standard InChI is InChI=1S/C24H25N5O2/c1-24(2,13-30)9-21(31)14-5-6-20-16(7-14)18(12-28(20)3)19-8-17-22-15(11-26-29(22)4)10-25-23(17)27-19/h5-8,10-12,26,30H,9,13H2,1-4H3. The Morgan fingerprint density at radius 3 is 2.77 bits per heavy atom. The van der Waals surface area contributed by atoms with Gasteiger partial charge in [-0.3, -0.25) is 9.48 Å². The Bertz CT molecular complexity index is 1470. The molecule has 0 aliphatic heterocycles. The molecule has 0 unspecified atom stereocenters. The second kappa shape index (κ2) is 6.78. The summed E-state index contributed by atoms with van der Waals surface area (Å²) in [6.07, 6.45) is 6.10. The molecule has 2 N–H and O–H groups in total. The van der Waals surface area contributed by atoms with Gasteiger partial charge < -0.3 is 14.8 Å². The molecule has 7 heteroatoms. The lowest BCUT2D eigenvalue weighted by Crippen LogP contribution is -2.21. The minimum Gasteiger partial charge on any atom is -0.396 e. The van der Waals surface area contributed by atoms with Crippen molar-refractivity contribution in [1.29, 1.82) is 0 Å². The third-order valence-corrected chi connectivity index (χ3v) is 6.01. The molecular formula is C24H25N5O2. The van der Waals surface area contributed by atoms with Gasteiger partial charge in [0, 0.05) is 78.5 Å². The van der Waals surface area contributed by atoms with Crippen molar-refractivity contribution in [2.24, 2.45) is 19.5 Å². The van der Waals surface area contributed by atoms with E-state index in [1.165, 1.54) is 0 Å². The highest BCUT2D eigenvalue weighted by atomic mass is 16.3. The summed E-state index contributed by atoms with van der Waals surface area (Å²) in [5.41, 5.74) is 4.80. The number of aromatic nitrogens is 5. The number of nitrogens with one attached hydrogen (secondary N) is 1. The van der Waals surface area contributed by atoms with Gasteiger partial charge in [0.1, 0.15) is 0 Å². The van der Waals surface area contributed by atoms with Crippen LogP contribution in [0.4, 0.5) is 0 Å². The second-order valence-electron chi connectivity index (χ2n) is 9.08. The van der Waals surface area contributed by atoms with Gasteiger partial charge >= 0.3 is 0 Å². The van der Waals surface area contributed by atoms with Gasteiger partial charge in [0.2, 0.25) is 0 Å². The number of aryl methyl sites for hydroxylation is 2. The fourth-order valence-electron chi connectivity index (χ4n) is 4.24. The van der Waals surface area contributed by atoms with E-state index in [-0.39, 0.29) is 12.4 Å². The maximum atomic E-state index is 12.9. The smallest absolute Gasteiger partial charge is 0.163 e. The normalized spacial score (nSPS) is 12.4. The van der Waals surface area contributed by atoms with E-state index in [4.69, 9.17) is 4.98 Å². The number of hydrogen-bond acceptors (Lipinski definition) is 4. The van der Waals surface area contributed by atoms with Crippen LogP contribution in [0.2, 0.25) is 0 Å². The Labute approximate surface area is 179 Å². The maximum Gasteiger partial charge on any atom is 0.163 e. The molecule has 0 saturated carbocycles. The van der Waals surface area contributed by atoms with Crippen LogP contribution in [0.5, 0.6) is 0 Å². The van der Waals surface area contributed by atoms with Crippen molar-refractivity contribution in [2.75, 3.05) is 6.61 Å². The summed E-state index contributed by atoms with van der Waals surface area (Å²) in [5, 5.41) is 15.7. The first kappa shape index (κ1) is 19.5. The number of Topliss-reactive ketones (excluding diaryl/α,β-unsaturated/α-hetero) is 1. The van der Waals surface area contributed by atoms with Crippen molar-refractivity contribution in [1.82, 2.24) is 24.3 Å². The van der Waals surface area contributed by atoms with Crippen LogP contribution in [0.15, 0.2) is 42.9 Å². The first-order valence-electron chi connectivity index (χ1n) is 10.3. The Balaban J connectivity index is 1.65. The molecule has 31 heavy (non-hydrogen) atoms.